The Morgan fingerprint density at radius 3 is 1.90 bits per heavy atom. The lowest BCUT2D eigenvalue weighted by Gasteiger charge is -2.57. The largest absolute Gasteiger partial charge is 0.382 e. The van der Waals surface area contributed by atoms with Gasteiger partial charge in [-0.15, -0.1) is 0 Å². The number of benzene rings is 1. The van der Waals surface area contributed by atoms with Gasteiger partial charge in [0.25, 0.3) is 0 Å². The van der Waals surface area contributed by atoms with Crippen molar-refractivity contribution in [3.63, 3.8) is 0 Å². The highest BCUT2D eigenvalue weighted by atomic mass is 15.1. The van der Waals surface area contributed by atoms with E-state index < -0.39 is 0 Å². The number of hydrogen-bond donors (Lipinski definition) is 2. The molecule has 106 valence electrons. The Labute approximate surface area is 120 Å². The van der Waals surface area contributed by atoms with E-state index in [1.807, 2.05) is 0 Å². The second-order valence-corrected chi connectivity index (χ2v) is 7.29. The average Bonchev–Trinajstić information content (AvgIpc) is 2.45. The SMILES string of the molecule is N/N=C(\N)c1ccc(C23CC4CC(CC(C4)C2)C3)cc1. The highest BCUT2D eigenvalue weighted by molar-refractivity contribution is 5.97. The summed E-state index contributed by atoms with van der Waals surface area (Å²) in [6.45, 7) is 0. The number of nitrogens with zero attached hydrogens (tertiary/aromatic N) is 1. The van der Waals surface area contributed by atoms with E-state index in [4.69, 9.17) is 11.6 Å². The molecule has 0 saturated heterocycles. The minimum absolute atomic E-state index is 0.419. The van der Waals surface area contributed by atoms with Crippen LogP contribution in [0.4, 0.5) is 0 Å². The molecule has 4 N–H and O–H groups in total. The van der Waals surface area contributed by atoms with Crippen molar-refractivity contribution in [3.8, 4) is 0 Å². The fraction of sp³-hybridized carbons (Fsp3) is 0.588. The topological polar surface area (TPSA) is 64.4 Å². The third-order valence-electron chi connectivity index (χ3n) is 5.97. The molecule has 0 radical (unpaired) electrons. The molecule has 4 fully saturated rings. The Kier molecular flexibility index (Phi) is 2.60. The predicted octanol–water partition coefficient (Wildman–Crippen LogP) is 2.73. The first-order chi connectivity index (χ1) is 9.68. The van der Waals surface area contributed by atoms with Gasteiger partial charge in [-0.2, -0.15) is 5.10 Å². The van der Waals surface area contributed by atoms with Gasteiger partial charge in [0.2, 0.25) is 0 Å². The molecule has 20 heavy (non-hydrogen) atoms. The molecule has 0 heterocycles. The van der Waals surface area contributed by atoms with Crippen LogP contribution in [0.2, 0.25) is 0 Å². The lowest BCUT2D eigenvalue weighted by Crippen LogP contribution is -2.48. The molecule has 0 amide bonds. The quantitative estimate of drug-likeness (QED) is 0.375. The van der Waals surface area contributed by atoms with Crippen molar-refractivity contribution in [2.24, 2.45) is 34.4 Å². The Bertz CT molecular complexity index is 509. The number of nitrogens with two attached hydrogens (primary N) is 2. The van der Waals surface area contributed by atoms with Gasteiger partial charge in [-0.1, -0.05) is 24.3 Å². The summed E-state index contributed by atoms with van der Waals surface area (Å²) in [5.41, 5.74) is 8.69. The van der Waals surface area contributed by atoms with Gasteiger partial charge in [0, 0.05) is 5.56 Å². The Morgan fingerprint density at radius 1 is 0.950 bits per heavy atom. The Hall–Kier alpha value is -1.51. The summed E-state index contributed by atoms with van der Waals surface area (Å²) < 4.78 is 0. The summed E-state index contributed by atoms with van der Waals surface area (Å²) in [6, 6.07) is 8.69. The van der Waals surface area contributed by atoms with Gasteiger partial charge in [-0.05, 0) is 67.3 Å². The van der Waals surface area contributed by atoms with Crippen LogP contribution in [0.25, 0.3) is 0 Å². The van der Waals surface area contributed by atoms with Gasteiger partial charge >= 0.3 is 0 Å². The van der Waals surface area contributed by atoms with E-state index in [1.165, 1.54) is 44.1 Å². The van der Waals surface area contributed by atoms with Crippen LogP contribution in [0.15, 0.2) is 29.4 Å². The van der Waals surface area contributed by atoms with Crippen LogP contribution in [0.5, 0.6) is 0 Å². The van der Waals surface area contributed by atoms with Crippen molar-refractivity contribution < 1.29 is 0 Å². The molecular formula is C17H23N3. The zero-order valence-corrected chi connectivity index (χ0v) is 11.9. The highest BCUT2D eigenvalue weighted by Gasteiger charge is 2.51. The lowest BCUT2D eigenvalue weighted by molar-refractivity contribution is -0.00518. The standard InChI is InChI=1S/C17H23N3/c18-16(20-19)14-1-3-15(4-2-14)17-8-11-5-12(9-17)7-13(6-11)10-17/h1-4,11-13H,5-10,19H2,(H2,18,20). The van der Waals surface area contributed by atoms with Crippen LogP contribution in [-0.4, -0.2) is 5.84 Å². The number of hydrazone groups is 1. The second-order valence-electron chi connectivity index (χ2n) is 7.29. The van der Waals surface area contributed by atoms with E-state index >= 15 is 0 Å². The molecule has 3 nitrogen and oxygen atoms in total. The van der Waals surface area contributed by atoms with Gasteiger partial charge in [-0.25, -0.2) is 0 Å². The van der Waals surface area contributed by atoms with E-state index in [-0.39, 0.29) is 0 Å². The minimum atomic E-state index is 0.419. The first kappa shape index (κ1) is 12.2. The van der Waals surface area contributed by atoms with Crippen molar-refractivity contribution in [2.45, 2.75) is 43.9 Å². The number of amidine groups is 1. The van der Waals surface area contributed by atoms with Crippen LogP contribution in [0, 0.1) is 17.8 Å². The Balaban J connectivity index is 1.67. The van der Waals surface area contributed by atoms with Gasteiger partial charge in [0.1, 0.15) is 5.84 Å². The Morgan fingerprint density at radius 2 is 1.45 bits per heavy atom. The smallest absolute Gasteiger partial charge is 0.150 e. The maximum Gasteiger partial charge on any atom is 0.150 e. The molecule has 0 unspecified atom stereocenters. The molecule has 4 saturated carbocycles. The zero-order valence-electron chi connectivity index (χ0n) is 11.9. The molecule has 4 bridgehead atoms. The average molecular weight is 269 g/mol. The summed E-state index contributed by atoms with van der Waals surface area (Å²) in [6.07, 6.45) is 8.68. The minimum Gasteiger partial charge on any atom is -0.382 e. The fourth-order valence-electron chi connectivity index (χ4n) is 5.53. The number of rotatable bonds is 2. The van der Waals surface area contributed by atoms with Gasteiger partial charge in [-0.3, -0.25) is 0 Å². The monoisotopic (exact) mass is 269 g/mol. The zero-order chi connectivity index (χ0) is 13.7. The third-order valence-corrected chi connectivity index (χ3v) is 5.97. The molecule has 0 spiro atoms. The van der Waals surface area contributed by atoms with Gasteiger partial charge < -0.3 is 11.6 Å². The maximum absolute atomic E-state index is 5.78. The molecule has 4 aliphatic carbocycles. The third kappa shape index (κ3) is 1.75. The molecule has 0 aliphatic heterocycles. The van der Waals surface area contributed by atoms with Crippen LogP contribution in [0.1, 0.15) is 49.7 Å². The first-order valence-electron chi connectivity index (χ1n) is 7.83. The molecule has 4 aliphatic rings. The molecule has 5 rings (SSSR count). The van der Waals surface area contributed by atoms with Crippen LogP contribution >= 0.6 is 0 Å². The highest BCUT2D eigenvalue weighted by Crippen LogP contribution is 2.60. The summed E-state index contributed by atoms with van der Waals surface area (Å²) in [4.78, 5) is 0. The molecular weight excluding hydrogens is 246 g/mol. The van der Waals surface area contributed by atoms with Gasteiger partial charge in [0.05, 0.1) is 0 Å². The summed E-state index contributed by atoms with van der Waals surface area (Å²) in [5.74, 6) is 8.62. The lowest BCUT2D eigenvalue weighted by atomic mass is 9.48. The van der Waals surface area contributed by atoms with Crippen LogP contribution in [0.3, 0.4) is 0 Å². The molecule has 0 atom stereocenters. The van der Waals surface area contributed by atoms with E-state index in [1.54, 1.807) is 0 Å². The van der Waals surface area contributed by atoms with Crippen molar-refractivity contribution in [1.82, 2.24) is 0 Å². The normalized spacial score (nSPS) is 39.2. The van der Waals surface area contributed by atoms with E-state index in [9.17, 15) is 0 Å². The summed E-state index contributed by atoms with van der Waals surface area (Å²) in [7, 11) is 0. The fourth-order valence-corrected chi connectivity index (χ4v) is 5.53. The van der Waals surface area contributed by atoms with Crippen molar-refractivity contribution >= 4 is 5.84 Å². The summed E-state index contributed by atoms with van der Waals surface area (Å²) in [5, 5.41) is 3.58. The van der Waals surface area contributed by atoms with Gasteiger partial charge in [0.15, 0.2) is 0 Å². The predicted molar refractivity (Wildman–Crippen MR) is 81.2 cm³/mol. The molecule has 1 aromatic rings. The summed E-state index contributed by atoms with van der Waals surface area (Å²) >= 11 is 0. The van der Waals surface area contributed by atoms with Crippen molar-refractivity contribution in [3.05, 3.63) is 35.4 Å². The molecule has 0 aromatic heterocycles. The van der Waals surface area contributed by atoms with Crippen molar-refractivity contribution in [2.75, 3.05) is 0 Å². The molecule has 1 aromatic carbocycles. The maximum atomic E-state index is 5.78. The van der Waals surface area contributed by atoms with Crippen LogP contribution < -0.4 is 11.6 Å². The molecule has 3 heteroatoms. The first-order valence-corrected chi connectivity index (χ1v) is 7.83. The van der Waals surface area contributed by atoms with Crippen LogP contribution in [-0.2, 0) is 5.41 Å². The van der Waals surface area contributed by atoms with E-state index in [0.29, 0.717) is 11.3 Å². The number of hydrogen-bond acceptors (Lipinski definition) is 2. The van der Waals surface area contributed by atoms with E-state index in [0.717, 1.165) is 23.3 Å². The van der Waals surface area contributed by atoms with E-state index in [2.05, 4.69) is 29.4 Å². The second kappa shape index (κ2) is 4.24. The van der Waals surface area contributed by atoms with Crippen molar-refractivity contribution in [1.29, 1.82) is 0 Å².